The van der Waals surface area contributed by atoms with Gasteiger partial charge in [-0.2, -0.15) is 0 Å². The van der Waals surface area contributed by atoms with E-state index in [4.69, 9.17) is 11.6 Å². The summed E-state index contributed by atoms with van der Waals surface area (Å²) in [6.07, 6.45) is 0. The molecule has 0 saturated heterocycles. The number of benzene rings is 2. The van der Waals surface area contributed by atoms with Crippen molar-refractivity contribution in [1.29, 1.82) is 0 Å². The van der Waals surface area contributed by atoms with Gasteiger partial charge in [0.05, 0.1) is 10.6 Å². The number of amides is 1. The van der Waals surface area contributed by atoms with Crippen LogP contribution in [0.5, 0.6) is 0 Å². The molecule has 2 N–H and O–H groups in total. The summed E-state index contributed by atoms with van der Waals surface area (Å²) in [7, 11) is 0. The fourth-order valence-corrected chi connectivity index (χ4v) is 1.98. The van der Waals surface area contributed by atoms with Gasteiger partial charge in [-0.3, -0.25) is 25.8 Å². The summed E-state index contributed by atoms with van der Waals surface area (Å²) in [6.45, 7) is 0. The standard InChI is InChI=1S/C13H9BrClN3O3/c14-9-2-4-10(5-3-9)16-17-13(19)8-1-6-11(15)12(7-8)18(20)21/h1-7,16H,(H,17,19). The van der Waals surface area contributed by atoms with Crippen LogP contribution in [0.3, 0.4) is 0 Å². The highest BCUT2D eigenvalue weighted by Gasteiger charge is 2.16. The SMILES string of the molecule is O=C(NNc1ccc(Br)cc1)c1ccc(Cl)c([N+](=O)[O-])c1. The van der Waals surface area contributed by atoms with Crippen LogP contribution in [0.4, 0.5) is 11.4 Å². The Kier molecular flexibility index (Phi) is 4.77. The van der Waals surface area contributed by atoms with Crippen LogP contribution >= 0.6 is 27.5 Å². The number of hydrogen-bond donors (Lipinski definition) is 2. The lowest BCUT2D eigenvalue weighted by Crippen LogP contribution is -2.29. The zero-order chi connectivity index (χ0) is 15.4. The molecule has 108 valence electrons. The second-order valence-corrected chi connectivity index (χ2v) is 5.33. The summed E-state index contributed by atoms with van der Waals surface area (Å²) in [5, 5.41) is 10.8. The van der Waals surface area contributed by atoms with Gasteiger partial charge in [-0.05, 0) is 36.4 Å². The van der Waals surface area contributed by atoms with Crippen LogP contribution < -0.4 is 10.9 Å². The van der Waals surface area contributed by atoms with Gasteiger partial charge >= 0.3 is 0 Å². The van der Waals surface area contributed by atoms with Crippen LogP contribution in [0.25, 0.3) is 0 Å². The van der Waals surface area contributed by atoms with Crippen molar-refractivity contribution in [3.05, 3.63) is 67.6 Å². The lowest BCUT2D eigenvalue weighted by molar-refractivity contribution is -0.384. The first kappa shape index (κ1) is 15.3. The first-order chi connectivity index (χ1) is 9.97. The maximum Gasteiger partial charge on any atom is 0.288 e. The third kappa shape index (κ3) is 3.93. The van der Waals surface area contributed by atoms with Crippen molar-refractivity contribution in [2.45, 2.75) is 0 Å². The van der Waals surface area contributed by atoms with Gasteiger partial charge in [0, 0.05) is 16.1 Å². The highest BCUT2D eigenvalue weighted by molar-refractivity contribution is 9.10. The molecule has 0 saturated carbocycles. The molecule has 0 aromatic heterocycles. The molecule has 21 heavy (non-hydrogen) atoms. The van der Waals surface area contributed by atoms with E-state index in [0.29, 0.717) is 5.69 Å². The minimum atomic E-state index is -0.638. The first-order valence-corrected chi connectivity index (χ1v) is 6.90. The molecule has 1 amide bonds. The molecule has 0 aliphatic heterocycles. The van der Waals surface area contributed by atoms with Gasteiger partial charge in [-0.15, -0.1) is 0 Å². The summed E-state index contributed by atoms with van der Waals surface area (Å²) in [5.74, 6) is -0.502. The minimum absolute atomic E-state index is 0.0163. The van der Waals surface area contributed by atoms with Crippen LogP contribution in [0.2, 0.25) is 5.02 Å². The Hall–Kier alpha value is -2.12. The second kappa shape index (κ2) is 6.55. The van der Waals surface area contributed by atoms with Gasteiger partial charge in [0.25, 0.3) is 11.6 Å². The number of rotatable bonds is 4. The predicted octanol–water partition coefficient (Wildman–Crippen LogP) is 3.77. The molecule has 0 radical (unpaired) electrons. The Morgan fingerprint density at radius 1 is 1.19 bits per heavy atom. The summed E-state index contributed by atoms with van der Waals surface area (Å²) in [6, 6.07) is 11.0. The second-order valence-electron chi connectivity index (χ2n) is 4.01. The third-order valence-corrected chi connectivity index (χ3v) is 3.42. The van der Waals surface area contributed by atoms with Crippen molar-refractivity contribution in [1.82, 2.24) is 5.43 Å². The van der Waals surface area contributed by atoms with E-state index in [9.17, 15) is 14.9 Å². The molecule has 0 fully saturated rings. The maximum atomic E-state index is 11.9. The Bertz CT molecular complexity index is 692. The fraction of sp³-hybridized carbons (Fsp3) is 0. The molecule has 0 aliphatic carbocycles. The van der Waals surface area contributed by atoms with Crippen molar-refractivity contribution in [2.75, 3.05) is 5.43 Å². The number of hydrogen-bond acceptors (Lipinski definition) is 4. The van der Waals surface area contributed by atoms with E-state index in [2.05, 4.69) is 26.8 Å². The van der Waals surface area contributed by atoms with Crippen molar-refractivity contribution >= 4 is 44.8 Å². The molecular formula is C13H9BrClN3O3. The smallest absolute Gasteiger partial charge is 0.288 e. The van der Waals surface area contributed by atoms with Crippen molar-refractivity contribution in [2.24, 2.45) is 0 Å². The zero-order valence-corrected chi connectivity index (χ0v) is 12.8. The normalized spacial score (nSPS) is 10.0. The van der Waals surface area contributed by atoms with Crippen LogP contribution in [0.15, 0.2) is 46.9 Å². The number of nitro benzene ring substituents is 1. The molecule has 0 bridgehead atoms. The Morgan fingerprint density at radius 3 is 2.48 bits per heavy atom. The first-order valence-electron chi connectivity index (χ1n) is 5.73. The average molecular weight is 371 g/mol. The molecule has 0 aliphatic rings. The largest absolute Gasteiger partial charge is 0.298 e. The fourth-order valence-electron chi connectivity index (χ4n) is 1.53. The highest BCUT2D eigenvalue weighted by atomic mass is 79.9. The number of halogens is 2. The van der Waals surface area contributed by atoms with Gasteiger partial charge in [0.2, 0.25) is 0 Å². The minimum Gasteiger partial charge on any atom is -0.298 e. The predicted molar refractivity (Wildman–Crippen MR) is 83.3 cm³/mol. The summed E-state index contributed by atoms with van der Waals surface area (Å²) < 4.78 is 0.910. The third-order valence-electron chi connectivity index (χ3n) is 2.57. The molecule has 2 aromatic carbocycles. The van der Waals surface area contributed by atoms with Gasteiger partial charge < -0.3 is 0 Å². The van der Waals surface area contributed by atoms with E-state index < -0.39 is 10.8 Å². The van der Waals surface area contributed by atoms with E-state index in [1.54, 1.807) is 12.1 Å². The number of nitrogens with one attached hydrogen (secondary N) is 2. The molecule has 0 heterocycles. The number of carbonyl (C=O) groups is 1. The van der Waals surface area contributed by atoms with Gasteiger partial charge in [0.15, 0.2) is 0 Å². The molecule has 0 unspecified atom stereocenters. The van der Waals surface area contributed by atoms with Crippen LogP contribution in [-0.2, 0) is 0 Å². The molecule has 0 atom stereocenters. The molecule has 2 rings (SSSR count). The summed E-state index contributed by atoms with van der Waals surface area (Å²) in [4.78, 5) is 22.1. The molecule has 2 aromatic rings. The lowest BCUT2D eigenvalue weighted by atomic mass is 10.2. The van der Waals surface area contributed by atoms with Gasteiger partial charge in [0.1, 0.15) is 5.02 Å². The number of anilines is 1. The van der Waals surface area contributed by atoms with Crippen LogP contribution in [0, 0.1) is 10.1 Å². The van der Waals surface area contributed by atoms with Gasteiger partial charge in [-0.1, -0.05) is 27.5 Å². The molecule has 6 nitrogen and oxygen atoms in total. The van der Waals surface area contributed by atoms with E-state index in [-0.39, 0.29) is 16.3 Å². The maximum absolute atomic E-state index is 11.9. The number of hydrazine groups is 1. The quantitative estimate of drug-likeness (QED) is 0.634. The molecule has 0 spiro atoms. The van der Waals surface area contributed by atoms with Crippen LogP contribution in [0.1, 0.15) is 10.4 Å². The number of nitro groups is 1. The Balaban J connectivity index is 2.08. The summed E-state index contributed by atoms with van der Waals surface area (Å²) in [5.41, 5.74) is 5.66. The Morgan fingerprint density at radius 2 is 1.86 bits per heavy atom. The van der Waals surface area contributed by atoms with E-state index in [1.807, 2.05) is 12.1 Å². The monoisotopic (exact) mass is 369 g/mol. The molecular weight excluding hydrogens is 362 g/mol. The van der Waals surface area contributed by atoms with Gasteiger partial charge in [-0.25, -0.2) is 0 Å². The topological polar surface area (TPSA) is 84.3 Å². The van der Waals surface area contributed by atoms with Crippen molar-refractivity contribution in [3.8, 4) is 0 Å². The Labute approximate surface area is 133 Å². The average Bonchev–Trinajstić information content (AvgIpc) is 2.46. The lowest BCUT2D eigenvalue weighted by Gasteiger charge is -2.08. The number of carbonyl (C=O) groups excluding carboxylic acids is 1. The summed E-state index contributed by atoms with van der Waals surface area (Å²) >= 11 is 8.99. The molecule has 8 heteroatoms. The zero-order valence-electron chi connectivity index (χ0n) is 10.5. The highest BCUT2D eigenvalue weighted by Crippen LogP contribution is 2.25. The number of nitrogens with zero attached hydrogens (tertiary/aromatic N) is 1. The van der Waals surface area contributed by atoms with E-state index in [1.165, 1.54) is 12.1 Å². The van der Waals surface area contributed by atoms with Crippen molar-refractivity contribution in [3.63, 3.8) is 0 Å². The van der Waals surface area contributed by atoms with E-state index >= 15 is 0 Å². The van der Waals surface area contributed by atoms with Crippen LogP contribution in [-0.4, -0.2) is 10.8 Å². The van der Waals surface area contributed by atoms with E-state index in [0.717, 1.165) is 10.5 Å². The van der Waals surface area contributed by atoms with Crippen molar-refractivity contribution < 1.29 is 9.72 Å².